The van der Waals surface area contributed by atoms with Crippen molar-refractivity contribution in [1.29, 1.82) is 0 Å². The van der Waals surface area contributed by atoms with Gasteiger partial charge < -0.3 is 30.0 Å². The van der Waals surface area contributed by atoms with Gasteiger partial charge in [-0.25, -0.2) is 9.59 Å². The summed E-state index contributed by atoms with van der Waals surface area (Å²) in [4.78, 5) is 38.7. The molecule has 0 bridgehead atoms. The van der Waals surface area contributed by atoms with E-state index in [1.807, 2.05) is 13.8 Å². The van der Waals surface area contributed by atoms with Crippen LogP contribution in [0.3, 0.4) is 0 Å². The average molecular weight is 427 g/mol. The Kier molecular flexibility index (Phi) is 37.0. The zero-order chi connectivity index (χ0) is 23.1. The fraction of sp³-hybridized carbons (Fsp3) is 0.600. The first-order valence-corrected chi connectivity index (χ1v) is 9.00. The normalized spacial score (nSPS) is 8.14. The average Bonchev–Trinajstić information content (AvgIpc) is 2.56. The Hall–Kier alpha value is -1.87. The third-order valence-corrected chi connectivity index (χ3v) is 2.70. The summed E-state index contributed by atoms with van der Waals surface area (Å²) >= 11 is 0. The topological polar surface area (TPSA) is 155 Å². The van der Waals surface area contributed by atoms with E-state index in [9.17, 15) is 29.4 Å². The second kappa shape index (κ2) is 28.3. The number of carbonyl (C=O) groups is 4. The summed E-state index contributed by atoms with van der Waals surface area (Å²) in [6.07, 6.45) is 6.07. The minimum Gasteiger partial charge on any atom is -0.550 e. The summed E-state index contributed by atoms with van der Waals surface area (Å²) in [6.45, 7) is 13.3. The Morgan fingerprint density at radius 1 is 0.690 bits per heavy atom. The molecule has 0 aliphatic heterocycles. The molecule has 2 N–H and O–H groups in total. The molecule has 0 spiro atoms. The van der Waals surface area contributed by atoms with Crippen molar-refractivity contribution in [3.05, 3.63) is 24.3 Å². The van der Waals surface area contributed by atoms with Crippen LogP contribution in [-0.4, -0.2) is 57.1 Å². The maximum Gasteiger partial charge on any atom is 2.00 e. The Balaban J connectivity index is -0.0000000881. The van der Waals surface area contributed by atoms with E-state index in [0.717, 1.165) is 38.5 Å². The zero-order valence-electron chi connectivity index (χ0n) is 18.1. The molecule has 0 rings (SSSR count). The second-order valence-electron chi connectivity index (χ2n) is 5.83. The van der Waals surface area contributed by atoms with Crippen molar-refractivity contribution in [2.45, 2.75) is 79.1 Å². The van der Waals surface area contributed by atoms with Gasteiger partial charge >= 0.3 is 35.0 Å². The van der Waals surface area contributed by atoms with Gasteiger partial charge in [-0.3, -0.25) is 0 Å². The van der Waals surface area contributed by atoms with Crippen molar-refractivity contribution in [1.82, 2.24) is 0 Å². The largest absolute Gasteiger partial charge is 2.00 e. The van der Waals surface area contributed by atoms with Crippen molar-refractivity contribution in [2.24, 2.45) is 0 Å². The molecule has 0 aliphatic carbocycles. The van der Waals surface area contributed by atoms with Crippen LogP contribution in [-0.2, 0) is 19.2 Å². The minimum atomic E-state index is -0.935. The van der Waals surface area contributed by atoms with Crippen molar-refractivity contribution in [3.8, 4) is 0 Å². The Labute approximate surface area is 189 Å². The third kappa shape index (κ3) is 58.5. The zero-order valence-corrected chi connectivity index (χ0v) is 19.5. The van der Waals surface area contributed by atoms with Crippen LogP contribution in [0.15, 0.2) is 24.3 Å². The number of carboxylic acids is 4. The molecule has 0 unspecified atom stereocenters. The van der Waals surface area contributed by atoms with Crippen LogP contribution in [0, 0.1) is 0 Å². The van der Waals surface area contributed by atoms with Crippen LogP contribution < -0.4 is 10.2 Å². The maximum atomic E-state index is 9.76. The van der Waals surface area contributed by atoms with E-state index in [-0.39, 0.29) is 47.0 Å². The van der Waals surface area contributed by atoms with Crippen LogP contribution >= 0.6 is 0 Å². The summed E-state index contributed by atoms with van der Waals surface area (Å²) in [6, 6.07) is 0. The summed E-state index contributed by atoms with van der Waals surface area (Å²) in [5.74, 6) is -3.73. The molecule has 0 aromatic carbocycles. The van der Waals surface area contributed by atoms with Crippen molar-refractivity contribution in [2.75, 3.05) is 0 Å². The van der Waals surface area contributed by atoms with Crippen LogP contribution in [0.1, 0.15) is 79.1 Å². The number of hydrogen-bond donors (Lipinski definition) is 2. The molecule has 0 radical (unpaired) electrons. The van der Waals surface area contributed by atoms with E-state index < -0.39 is 23.9 Å². The SMILES string of the molecule is C=C(C)C(=O)O.C=C(C)C(=O)O.CCCCCC(=O)[O-].CCCCCC(=O)[O-].[Mg+2]. The molecule has 0 atom stereocenters. The van der Waals surface area contributed by atoms with E-state index in [4.69, 9.17) is 10.2 Å². The monoisotopic (exact) mass is 426 g/mol. The smallest absolute Gasteiger partial charge is 0.550 e. The second-order valence-corrected chi connectivity index (χ2v) is 5.83. The first-order chi connectivity index (χ1) is 12.8. The molecule has 0 fully saturated rings. The Morgan fingerprint density at radius 2 is 0.897 bits per heavy atom. The van der Waals surface area contributed by atoms with Crippen LogP contribution in [0.4, 0.5) is 0 Å². The maximum absolute atomic E-state index is 9.76. The van der Waals surface area contributed by atoms with Gasteiger partial charge in [-0.05, 0) is 39.5 Å². The van der Waals surface area contributed by atoms with Crippen molar-refractivity contribution in [3.63, 3.8) is 0 Å². The molecule has 0 saturated heterocycles. The van der Waals surface area contributed by atoms with Gasteiger partial charge in [0.25, 0.3) is 0 Å². The fourth-order valence-electron chi connectivity index (χ4n) is 1.04. The molecule has 164 valence electrons. The predicted molar refractivity (Wildman–Crippen MR) is 109 cm³/mol. The first-order valence-electron chi connectivity index (χ1n) is 9.00. The van der Waals surface area contributed by atoms with Crippen LogP contribution in [0.5, 0.6) is 0 Å². The predicted octanol–water partition coefficient (Wildman–Crippen LogP) is 1.55. The molecule has 0 aromatic rings. The van der Waals surface area contributed by atoms with Gasteiger partial charge in [-0.2, -0.15) is 0 Å². The molecular formula is C20H34MgO8. The molecule has 0 saturated carbocycles. The molecule has 29 heavy (non-hydrogen) atoms. The van der Waals surface area contributed by atoms with E-state index in [2.05, 4.69) is 13.2 Å². The molecule has 0 amide bonds. The molecule has 0 heterocycles. The Bertz CT molecular complexity index is 419. The number of hydrogen-bond acceptors (Lipinski definition) is 6. The summed E-state index contributed by atoms with van der Waals surface area (Å²) in [5.41, 5.74) is 0.352. The number of carbonyl (C=O) groups excluding carboxylic acids is 2. The quantitative estimate of drug-likeness (QED) is 0.303. The number of unbranched alkanes of at least 4 members (excludes halogenated alkanes) is 4. The Morgan fingerprint density at radius 3 is 1.00 bits per heavy atom. The number of rotatable bonds is 10. The number of carboxylic acid groups (broad SMARTS) is 4. The molecule has 8 nitrogen and oxygen atoms in total. The fourth-order valence-corrected chi connectivity index (χ4v) is 1.04. The van der Waals surface area contributed by atoms with Crippen LogP contribution in [0.25, 0.3) is 0 Å². The van der Waals surface area contributed by atoms with Crippen molar-refractivity contribution < 1.29 is 39.6 Å². The standard InChI is InChI=1S/2C6H12O2.2C4H6O2.Mg/c2*1-2-3-4-5-6(7)8;2*1-3(2)4(5)6;/h2*2-5H2,1H3,(H,7,8);2*1H2,2H3,(H,5,6);/q;;;;+2/p-2. The molecule has 0 aromatic heterocycles. The van der Waals surface area contributed by atoms with E-state index >= 15 is 0 Å². The van der Waals surface area contributed by atoms with Gasteiger partial charge in [0.1, 0.15) is 0 Å². The van der Waals surface area contributed by atoms with Gasteiger partial charge in [-0.1, -0.05) is 52.7 Å². The van der Waals surface area contributed by atoms with Gasteiger partial charge in [0.2, 0.25) is 0 Å². The van der Waals surface area contributed by atoms with Gasteiger partial charge in [-0.15, -0.1) is 0 Å². The van der Waals surface area contributed by atoms with Gasteiger partial charge in [0.15, 0.2) is 0 Å². The summed E-state index contributed by atoms with van der Waals surface area (Å²) in [5, 5.41) is 35.3. The van der Waals surface area contributed by atoms with Gasteiger partial charge in [0, 0.05) is 23.1 Å². The van der Waals surface area contributed by atoms with Crippen molar-refractivity contribution >= 4 is 46.9 Å². The summed E-state index contributed by atoms with van der Waals surface area (Å²) in [7, 11) is 0. The molecule has 9 heteroatoms. The first kappa shape index (κ1) is 37.8. The summed E-state index contributed by atoms with van der Waals surface area (Å²) < 4.78 is 0. The van der Waals surface area contributed by atoms with E-state index in [1.54, 1.807) is 0 Å². The van der Waals surface area contributed by atoms with Gasteiger partial charge in [0.05, 0.1) is 0 Å². The number of aliphatic carboxylic acids is 4. The van der Waals surface area contributed by atoms with Crippen LogP contribution in [0.2, 0.25) is 0 Å². The minimum absolute atomic E-state index is 0. The third-order valence-electron chi connectivity index (χ3n) is 2.70. The van der Waals surface area contributed by atoms with E-state index in [0.29, 0.717) is 0 Å². The molecular weight excluding hydrogens is 393 g/mol. The molecule has 0 aliphatic rings. The van der Waals surface area contributed by atoms with E-state index in [1.165, 1.54) is 13.8 Å².